The van der Waals surface area contributed by atoms with Gasteiger partial charge in [-0.2, -0.15) is 5.26 Å². The highest BCUT2D eigenvalue weighted by atomic mass is 16.1. The highest BCUT2D eigenvalue weighted by Crippen LogP contribution is 2.26. The average molecular weight is 228 g/mol. The van der Waals surface area contributed by atoms with E-state index < -0.39 is 0 Å². The van der Waals surface area contributed by atoms with Crippen LogP contribution in [0.2, 0.25) is 0 Å². The van der Waals surface area contributed by atoms with Crippen LogP contribution in [0.3, 0.4) is 0 Å². The van der Waals surface area contributed by atoms with E-state index in [9.17, 15) is 4.79 Å². The summed E-state index contributed by atoms with van der Waals surface area (Å²) in [5, 5.41) is 9.15. The predicted octanol–water partition coefficient (Wildman–Crippen LogP) is 2.28. The maximum absolute atomic E-state index is 10.9. The Morgan fingerprint density at radius 1 is 1.53 bits per heavy atom. The second kappa shape index (κ2) is 5.01. The number of aryl methyl sites for hydroxylation is 1. The molecule has 0 N–H and O–H groups in total. The molecule has 1 saturated heterocycles. The molecule has 0 spiro atoms. The third-order valence-electron chi connectivity index (χ3n) is 3.26. The predicted molar refractivity (Wildman–Crippen MR) is 66.9 cm³/mol. The maximum Gasteiger partial charge on any atom is 0.124 e. The molecule has 3 nitrogen and oxygen atoms in total. The first-order valence-corrected chi connectivity index (χ1v) is 5.95. The average Bonchev–Trinajstić information content (AvgIpc) is 2.38. The number of rotatable bonds is 2. The Balaban J connectivity index is 2.27. The molecular formula is C14H16N2O. The van der Waals surface area contributed by atoms with Gasteiger partial charge in [0.15, 0.2) is 0 Å². The van der Waals surface area contributed by atoms with Crippen molar-refractivity contribution < 1.29 is 4.79 Å². The van der Waals surface area contributed by atoms with E-state index in [0.717, 1.165) is 43.5 Å². The molecule has 0 radical (unpaired) electrons. The van der Waals surface area contributed by atoms with E-state index in [1.54, 1.807) is 0 Å². The molecule has 3 heteroatoms. The molecule has 0 aliphatic carbocycles. The molecule has 17 heavy (non-hydrogen) atoms. The van der Waals surface area contributed by atoms with Crippen LogP contribution in [0.25, 0.3) is 0 Å². The molecule has 0 saturated carbocycles. The molecule has 0 amide bonds. The third kappa shape index (κ3) is 2.47. The van der Waals surface area contributed by atoms with E-state index in [4.69, 9.17) is 5.26 Å². The zero-order chi connectivity index (χ0) is 12.3. The Bertz CT molecular complexity index is 462. The van der Waals surface area contributed by atoms with Crippen LogP contribution in [0.4, 0.5) is 5.69 Å². The second-order valence-corrected chi connectivity index (χ2v) is 4.62. The minimum Gasteiger partial charge on any atom is -0.370 e. The zero-order valence-electron chi connectivity index (χ0n) is 10.0. The van der Waals surface area contributed by atoms with Crippen molar-refractivity contribution in [1.82, 2.24) is 0 Å². The monoisotopic (exact) mass is 228 g/mol. The number of hydrogen-bond acceptors (Lipinski definition) is 3. The van der Waals surface area contributed by atoms with Crippen molar-refractivity contribution in [2.75, 3.05) is 18.0 Å². The van der Waals surface area contributed by atoms with Gasteiger partial charge in [0, 0.05) is 19.0 Å². The number of aldehydes is 1. The number of carbonyl (C=O) groups is 1. The first-order chi connectivity index (χ1) is 8.24. The highest BCUT2D eigenvalue weighted by molar-refractivity contribution is 5.63. The van der Waals surface area contributed by atoms with Crippen LogP contribution in [0.5, 0.6) is 0 Å². The topological polar surface area (TPSA) is 44.1 Å². The van der Waals surface area contributed by atoms with Gasteiger partial charge in [0.25, 0.3) is 0 Å². The molecule has 1 aromatic carbocycles. The lowest BCUT2D eigenvalue weighted by Crippen LogP contribution is -2.36. The SMILES string of the molecule is Cc1ccc(N2CCCC(C=O)C2)c(C#N)c1. The number of anilines is 1. The van der Waals surface area contributed by atoms with Gasteiger partial charge < -0.3 is 9.69 Å². The lowest BCUT2D eigenvalue weighted by molar-refractivity contribution is -0.111. The minimum atomic E-state index is 0.108. The Kier molecular flexibility index (Phi) is 3.43. The Hall–Kier alpha value is -1.82. The fourth-order valence-corrected chi connectivity index (χ4v) is 2.36. The van der Waals surface area contributed by atoms with E-state index >= 15 is 0 Å². The fraction of sp³-hybridized carbons (Fsp3) is 0.429. The smallest absolute Gasteiger partial charge is 0.124 e. The van der Waals surface area contributed by atoms with Crippen molar-refractivity contribution in [1.29, 1.82) is 5.26 Å². The van der Waals surface area contributed by atoms with Crippen molar-refractivity contribution in [3.63, 3.8) is 0 Å². The van der Waals surface area contributed by atoms with Crippen molar-refractivity contribution in [2.45, 2.75) is 19.8 Å². The standard InChI is InChI=1S/C14H16N2O/c1-11-4-5-14(13(7-11)8-15)16-6-2-3-12(9-16)10-17/h4-5,7,10,12H,2-3,6,9H2,1H3. The van der Waals surface area contributed by atoms with Crippen molar-refractivity contribution in [3.05, 3.63) is 29.3 Å². The Morgan fingerprint density at radius 2 is 2.35 bits per heavy atom. The summed E-state index contributed by atoms with van der Waals surface area (Å²) in [5.41, 5.74) is 2.76. The van der Waals surface area contributed by atoms with Crippen LogP contribution in [-0.4, -0.2) is 19.4 Å². The van der Waals surface area contributed by atoms with Crippen LogP contribution >= 0.6 is 0 Å². The van der Waals surface area contributed by atoms with Crippen LogP contribution in [0, 0.1) is 24.2 Å². The number of nitrogens with zero attached hydrogens (tertiary/aromatic N) is 2. The minimum absolute atomic E-state index is 0.108. The molecule has 1 atom stereocenters. The number of piperidine rings is 1. The summed E-state index contributed by atoms with van der Waals surface area (Å²) in [7, 11) is 0. The number of carbonyl (C=O) groups excluding carboxylic acids is 1. The molecule has 2 rings (SSSR count). The summed E-state index contributed by atoms with van der Waals surface area (Å²) >= 11 is 0. The van der Waals surface area contributed by atoms with Gasteiger partial charge in [-0.25, -0.2) is 0 Å². The molecule has 1 unspecified atom stereocenters. The summed E-state index contributed by atoms with van der Waals surface area (Å²) in [6.45, 7) is 3.65. The lowest BCUT2D eigenvalue weighted by atomic mass is 9.98. The van der Waals surface area contributed by atoms with Gasteiger partial charge in [-0.15, -0.1) is 0 Å². The molecule has 1 heterocycles. The van der Waals surface area contributed by atoms with Gasteiger partial charge in [0.2, 0.25) is 0 Å². The maximum atomic E-state index is 10.9. The first-order valence-electron chi connectivity index (χ1n) is 5.95. The largest absolute Gasteiger partial charge is 0.370 e. The summed E-state index contributed by atoms with van der Waals surface area (Å²) in [4.78, 5) is 13.0. The fourth-order valence-electron chi connectivity index (χ4n) is 2.36. The Labute approximate surface area is 102 Å². The molecule has 0 aromatic heterocycles. The van der Waals surface area contributed by atoms with E-state index in [1.807, 2.05) is 25.1 Å². The van der Waals surface area contributed by atoms with Gasteiger partial charge in [0.1, 0.15) is 12.4 Å². The lowest BCUT2D eigenvalue weighted by Gasteiger charge is -2.32. The first kappa shape index (κ1) is 11.7. The summed E-state index contributed by atoms with van der Waals surface area (Å²) in [5.74, 6) is 0.108. The van der Waals surface area contributed by atoms with E-state index in [0.29, 0.717) is 5.56 Å². The van der Waals surface area contributed by atoms with Crippen LogP contribution in [0.15, 0.2) is 18.2 Å². The Morgan fingerprint density at radius 3 is 3.06 bits per heavy atom. The van der Waals surface area contributed by atoms with E-state index in [-0.39, 0.29) is 5.92 Å². The summed E-state index contributed by atoms with van der Waals surface area (Å²) in [6, 6.07) is 8.14. The molecule has 0 bridgehead atoms. The van der Waals surface area contributed by atoms with Crippen LogP contribution in [-0.2, 0) is 4.79 Å². The molecule has 1 aliphatic rings. The number of nitriles is 1. The van der Waals surface area contributed by atoms with Crippen molar-refractivity contribution in [2.24, 2.45) is 5.92 Å². The summed E-state index contributed by atoms with van der Waals surface area (Å²) in [6.07, 6.45) is 3.02. The quantitative estimate of drug-likeness (QED) is 0.729. The van der Waals surface area contributed by atoms with Crippen LogP contribution < -0.4 is 4.90 Å². The molecule has 1 aliphatic heterocycles. The highest BCUT2D eigenvalue weighted by Gasteiger charge is 2.21. The van der Waals surface area contributed by atoms with Gasteiger partial charge in [-0.3, -0.25) is 0 Å². The normalized spacial score (nSPS) is 19.8. The molecule has 1 aromatic rings. The number of benzene rings is 1. The van der Waals surface area contributed by atoms with Gasteiger partial charge in [-0.05, 0) is 37.5 Å². The second-order valence-electron chi connectivity index (χ2n) is 4.62. The van der Waals surface area contributed by atoms with Gasteiger partial charge >= 0.3 is 0 Å². The van der Waals surface area contributed by atoms with Gasteiger partial charge in [-0.1, -0.05) is 6.07 Å². The van der Waals surface area contributed by atoms with Crippen molar-refractivity contribution in [3.8, 4) is 6.07 Å². The van der Waals surface area contributed by atoms with Gasteiger partial charge in [0.05, 0.1) is 11.3 Å². The van der Waals surface area contributed by atoms with Crippen molar-refractivity contribution >= 4 is 12.0 Å². The molecule has 1 fully saturated rings. The van der Waals surface area contributed by atoms with E-state index in [1.165, 1.54) is 0 Å². The zero-order valence-corrected chi connectivity index (χ0v) is 10.0. The summed E-state index contributed by atoms with van der Waals surface area (Å²) < 4.78 is 0. The van der Waals surface area contributed by atoms with E-state index in [2.05, 4.69) is 11.0 Å². The number of hydrogen-bond donors (Lipinski definition) is 0. The third-order valence-corrected chi connectivity index (χ3v) is 3.26. The molecular weight excluding hydrogens is 212 g/mol. The molecule has 88 valence electrons. The van der Waals surface area contributed by atoms with Crippen LogP contribution in [0.1, 0.15) is 24.0 Å².